The van der Waals surface area contributed by atoms with Crippen LogP contribution >= 0.6 is 11.3 Å². The summed E-state index contributed by atoms with van der Waals surface area (Å²) in [5, 5.41) is 17.5. The molecular formula is C16H20N4O4S2. The van der Waals surface area contributed by atoms with Crippen molar-refractivity contribution in [2.24, 2.45) is 5.10 Å². The summed E-state index contributed by atoms with van der Waals surface area (Å²) in [5.41, 5.74) is 3.12. The molecule has 1 N–H and O–H groups in total. The smallest absolute Gasteiger partial charge is 0.271 e. The van der Waals surface area contributed by atoms with Gasteiger partial charge >= 0.3 is 0 Å². The van der Waals surface area contributed by atoms with E-state index in [1.807, 2.05) is 17.5 Å². The molecule has 8 nitrogen and oxygen atoms in total. The Hall–Kier alpha value is -2.30. The predicted molar refractivity (Wildman–Crippen MR) is 103 cm³/mol. The second kappa shape index (κ2) is 8.39. The molecule has 0 radical (unpaired) electrons. The van der Waals surface area contributed by atoms with Crippen LogP contribution in [0.4, 0.5) is 11.4 Å². The average Bonchev–Trinajstić information content (AvgIpc) is 3.15. The molecular weight excluding hydrogens is 376 g/mol. The van der Waals surface area contributed by atoms with E-state index in [2.05, 4.69) is 10.5 Å². The van der Waals surface area contributed by atoms with Gasteiger partial charge in [0.15, 0.2) is 0 Å². The Labute approximate surface area is 156 Å². The van der Waals surface area contributed by atoms with Crippen LogP contribution in [0.2, 0.25) is 0 Å². The van der Waals surface area contributed by atoms with Crippen LogP contribution < -0.4 is 5.43 Å². The number of hydrogen-bond donors (Lipinski definition) is 1. The molecule has 0 saturated carbocycles. The van der Waals surface area contributed by atoms with Gasteiger partial charge in [-0.25, -0.2) is 8.42 Å². The molecule has 0 aliphatic heterocycles. The van der Waals surface area contributed by atoms with Crippen molar-refractivity contribution in [3.8, 4) is 0 Å². The number of nitrogens with one attached hydrogen (secondary N) is 1. The predicted octanol–water partition coefficient (Wildman–Crippen LogP) is 3.52. The van der Waals surface area contributed by atoms with E-state index in [0.29, 0.717) is 5.71 Å². The molecule has 140 valence electrons. The Kier molecular flexibility index (Phi) is 6.46. The monoisotopic (exact) mass is 396 g/mol. The second-order valence-corrected chi connectivity index (χ2v) is 8.20. The van der Waals surface area contributed by atoms with E-state index < -0.39 is 14.9 Å². The van der Waals surface area contributed by atoms with Crippen LogP contribution in [0.5, 0.6) is 0 Å². The van der Waals surface area contributed by atoms with Crippen LogP contribution in [-0.4, -0.2) is 36.4 Å². The molecule has 0 unspecified atom stereocenters. The van der Waals surface area contributed by atoms with Crippen molar-refractivity contribution in [1.29, 1.82) is 0 Å². The fourth-order valence-corrected chi connectivity index (χ4v) is 4.47. The van der Waals surface area contributed by atoms with E-state index in [9.17, 15) is 18.5 Å². The molecule has 0 aliphatic rings. The number of nitrogens with zero attached hydrogens (tertiary/aromatic N) is 3. The molecule has 0 atom stereocenters. The average molecular weight is 396 g/mol. The zero-order valence-corrected chi connectivity index (χ0v) is 16.3. The highest BCUT2D eigenvalue weighted by atomic mass is 32.2. The molecule has 1 heterocycles. The number of hydrazone groups is 1. The largest absolute Gasteiger partial charge is 0.295 e. The molecule has 2 rings (SSSR count). The molecule has 26 heavy (non-hydrogen) atoms. The Morgan fingerprint density at radius 2 is 2.00 bits per heavy atom. The molecule has 0 aliphatic carbocycles. The van der Waals surface area contributed by atoms with Crippen molar-refractivity contribution in [2.75, 3.05) is 18.5 Å². The van der Waals surface area contributed by atoms with E-state index in [0.717, 1.165) is 10.9 Å². The summed E-state index contributed by atoms with van der Waals surface area (Å²) in [6.45, 7) is 5.79. The number of anilines is 1. The van der Waals surface area contributed by atoms with Crippen LogP contribution in [0.25, 0.3) is 0 Å². The van der Waals surface area contributed by atoms with Gasteiger partial charge in [0.1, 0.15) is 5.69 Å². The van der Waals surface area contributed by atoms with E-state index >= 15 is 0 Å². The van der Waals surface area contributed by atoms with E-state index in [-0.39, 0.29) is 29.4 Å². The van der Waals surface area contributed by atoms with Crippen LogP contribution in [0.1, 0.15) is 25.6 Å². The summed E-state index contributed by atoms with van der Waals surface area (Å²) in [6, 6.07) is 7.54. The number of nitro groups is 1. The highest BCUT2D eigenvalue weighted by molar-refractivity contribution is 7.89. The van der Waals surface area contributed by atoms with Crippen LogP contribution in [0.15, 0.2) is 45.7 Å². The minimum Gasteiger partial charge on any atom is -0.271 e. The third kappa shape index (κ3) is 4.26. The third-order valence-corrected chi connectivity index (χ3v) is 6.76. The summed E-state index contributed by atoms with van der Waals surface area (Å²) in [7, 11) is -3.77. The molecule has 0 amide bonds. The zero-order chi connectivity index (χ0) is 19.3. The fraction of sp³-hybridized carbons (Fsp3) is 0.312. The molecule has 0 bridgehead atoms. The van der Waals surface area contributed by atoms with Gasteiger partial charge in [0.25, 0.3) is 5.69 Å². The lowest BCUT2D eigenvalue weighted by Gasteiger charge is -2.18. The van der Waals surface area contributed by atoms with Crippen molar-refractivity contribution in [1.82, 2.24) is 4.31 Å². The van der Waals surface area contributed by atoms with Gasteiger partial charge in [0.2, 0.25) is 10.0 Å². The molecule has 0 fully saturated rings. The van der Waals surface area contributed by atoms with Gasteiger partial charge in [-0.2, -0.15) is 9.41 Å². The quantitative estimate of drug-likeness (QED) is 0.417. The Morgan fingerprint density at radius 3 is 2.54 bits per heavy atom. The van der Waals surface area contributed by atoms with Gasteiger partial charge in [0, 0.05) is 24.0 Å². The van der Waals surface area contributed by atoms with Gasteiger partial charge in [-0.15, -0.1) is 11.3 Å². The Balaban J connectivity index is 2.38. The molecule has 1 aromatic carbocycles. The van der Waals surface area contributed by atoms with Gasteiger partial charge in [-0.05, 0) is 30.5 Å². The van der Waals surface area contributed by atoms with Crippen LogP contribution in [-0.2, 0) is 10.0 Å². The summed E-state index contributed by atoms with van der Waals surface area (Å²) in [5.74, 6) is 0. The highest BCUT2D eigenvalue weighted by Crippen LogP contribution is 2.29. The molecule has 2 aromatic rings. The maximum absolute atomic E-state index is 12.6. The SMILES string of the molecule is CCN(CC)S(=O)(=O)c1ccc(N/N=C(\C)c2cccs2)c([N+](=O)[O-])c1. The zero-order valence-electron chi connectivity index (χ0n) is 14.7. The number of benzene rings is 1. The topological polar surface area (TPSA) is 105 Å². The minimum atomic E-state index is -3.77. The maximum Gasteiger partial charge on any atom is 0.295 e. The first-order valence-electron chi connectivity index (χ1n) is 7.94. The fourth-order valence-electron chi connectivity index (χ4n) is 2.31. The van der Waals surface area contributed by atoms with Crippen molar-refractivity contribution in [3.05, 3.63) is 50.7 Å². The second-order valence-electron chi connectivity index (χ2n) is 5.31. The van der Waals surface area contributed by atoms with Crippen molar-refractivity contribution in [3.63, 3.8) is 0 Å². The third-order valence-electron chi connectivity index (χ3n) is 3.73. The number of rotatable bonds is 8. The lowest BCUT2D eigenvalue weighted by atomic mass is 10.3. The standard InChI is InChI=1S/C16H20N4O4S2/c1-4-19(5-2)26(23,24)13-8-9-14(15(11-13)20(21)22)18-17-12(3)16-7-6-10-25-16/h6-11,18H,4-5H2,1-3H3/b17-12+. The number of nitro benzene ring substituents is 1. The lowest BCUT2D eigenvalue weighted by Crippen LogP contribution is -2.30. The normalized spacial score (nSPS) is 12.4. The maximum atomic E-state index is 12.6. The first-order valence-corrected chi connectivity index (χ1v) is 10.3. The minimum absolute atomic E-state index is 0.114. The lowest BCUT2D eigenvalue weighted by molar-refractivity contribution is -0.384. The van der Waals surface area contributed by atoms with Crippen LogP contribution in [0, 0.1) is 10.1 Å². The van der Waals surface area contributed by atoms with Crippen molar-refractivity contribution >= 4 is 38.4 Å². The van der Waals surface area contributed by atoms with Crippen molar-refractivity contribution in [2.45, 2.75) is 25.7 Å². The van der Waals surface area contributed by atoms with Gasteiger partial charge in [-0.3, -0.25) is 15.5 Å². The number of sulfonamides is 1. The van der Waals surface area contributed by atoms with E-state index in [1.54, 1.807) is 20.8 Å². The van der Waals surface area contributed by atoms with Crippen LogP contribution in [0.3, 0.4) is 0 Å². The molecule has 1 aromatic heterocycles. The number of hydrogen-bond acceptors (Lipinski definition) is 7. The van der Waals surface area contributed by atoms with Gasteiger partial charge in [0.05, 0.1) is 15.5 Å². The summed E-state index contributed by atoms with van der Waals surface area (Å²) in [4.78, 5) is 11.6. The Morgan fingerprint density at radius 1 is 1.31 bits per heavy atom. The summed E-state index contributed by atoms with van der Waals surface area (Å²) in [6.07, 6.45) is 0. The highest BCUT2D eigenvalue weighted by Gasteiger charge is 2.25. The van der Waals surface area contributed by atoms with Crippen molar-refractivity contribution < 1.29 is 13.3 Å². The summed E-state index contributed by atoms with van der Waals surface area (Å²) >= 11 is 1.50. The molecule has 0 spiro atoms. The van der Waals surface area contributed by atoms with Gasteiger partial charge < -0.3 is 0 Å². The van der Waals surface area contributed by atoms with Gasteiger partial charge in [-0.1, -0.05) is 19.9 Å². The first kappa shape index (κ1) is 20.0. The molecule has 0 saturated heterocycles. The summed E-state index contributed by atoms with van der Waals surface area (Å²) < 4.78 is 26.4. The first-order chi connectivity index (χ1) is 12.3. The van der Waals surface area contributed by atoms with E-state index in [4.69, 9.17) is 0 Å². The Bertz CT molecular complexity index is 904. The number of thiophene rings is 1. The van der Waals surface area contributed by atoms with E-state index in [1.165, 1.54) is 27.8 Å². The molecule has 10 heteroatoms.